The van der Waals surface area contributed by atoms with E-state index in [1.165, 1.54) is 70.6 Å². The topological polar surface area (TPSA) is 416 Å². The molecule has 43 heteroatoms. The lowest BCUT2D eigenvalue weighted by atomic mass is 10.2. The van der Waals surface area contributed by atoms with Gasteiger partial charge in [0.1, 0.15) is 0 Å². The van der Waals surface area contributed by atoms with Crippen molar-refractivity contribution in [2.24, 2.45) is 5.73 Å². The van der Waals surface area contributed by atoms with Crippen LogP contribution in [0.3, 0.4) is 0 Å². The highest BCUT2D eigenvalue weighted by Crippen LogP contribution is 2.30. The monoisotopic (exact) mass is 1780 g/mol. The van der Waals surface area contributed by atoms with Gasteiger partial charge >= 0.3 is 0 Å². The molecule has 6 aromatic carbocycles. The molecule has 0 spiro atoms. The molecular weight excluding hydrogens is 1700 g/mol. The number of aromatic nitrogens is 18. The summed E-state index contributed by atoms with van der Waals surface area (Å²) in [7, 11) is 0. The Bertz CT molecular complexity index is 5060. The Balaban J connectivity index is 0.671. The van der Waals surface area contributed by atoms with Gasteiger partial charge in [0.15, 0.2) is 30.9 Å². The van der Waals surface area contributed by atoms with Crippen molar-refractivity contribution in [3.05, 3.63) is 209 Å². The first-order valence-electron chi connectivity index (χ1n) is 35.5. The van der Waals surface area contributed by atoms with Crippen molar-refractivity contribution in [2.75, 3.05) is 143 Å². The summed E-state index contributed by atoms with van der Waals surface area (Å²) in [6.07, 6.45) is 0. The molecule has 0 atom stereocenters. The minimum absolute atomic E-state index is 0.102. The second kappa shape index (κ2) is 45.3. The fourth-order valence-corrected chi connectivity index (χ4v) is 15.2. The van der Waals surface area contributed by atoms with Crippen molar-refractivity contribution in [1.82, 2.24) is 89.7 Å². The van der Waals surface area contributed by atoms with Gasteiger partial charge in [0.05, 0.1) is 0 Å². The maximum Gasteiger partial charge on any atom is 0.228 e. The van der Waals surface area contributed by atoms with E-state index in [9.17, 15) is 0 Å². The summed E-state index contributed by atoms with van der Waals surface area (Å²) < 4.78 is 0. The lowest BCUT2D eigenvalue weighted by Crippen LogP contribution is -2.21. The number of nitrogens with one attached hydrogen (secondary N) is 11. The van der Waals surface area contributed by atoms with Gasteiger partial charge in [0.2, 0.25) is 71.4 Å². The molecular formula is C72H75Cl6N31S6. The van der Waals surface area contributed by atoms with Gasteiger partial charge in [0.25, 0.3) is 0 Å². The molecule has 6 heterocycles. The maximum absolute atomic E-state index is 6.25. The summed E-state index contributed by atoms with van der Waals surface area (Å²) in [5.41, 5.74) is 18.2. The maximum atomic E-state index is 6.25. The molecule has 31 nitrogen and oxygen atoms in total. The fraction of sp³-hybridized carbons (Fsp3) is 0.250. The third kappa shape index (κ3) is 30.1. The number of nitrogens with zero attached hydrogens (tertiary/aromatic N) is 18. The van der Waals surface area contributed by atoms with Crippen LogP contribution in [0.25, 0.3) is 0 Å². The Hall–Kier alpha value is -9.22. The first-order valence-corrected chi connectivity index (χ1v) is 43.7. The van der Waals surface area contributed by atoms with Crippen LogP contribution in [0.2, 0.25) is 30.1 Å². The molecule has 0 aliphatic rings. The summed E-state index contributed by atoms with van der Waals surface area (Å²) in [6, 6.07) is 45.8. The van der Waals surface area contributed by atoms with E-state index in [1.54, 1.807) is 0 Å². The van der Waals surface area contributed by atoms with E-state index in [2.05, 4.69) is 88.4 Å². The molecule has 0 radical (unpaired) electrons. The van der Waals surface area contributed by atoms with Crippen LogP contribution in [0.1, 0.15) is 33.4 Å². The molecule has 0 aliphatic carbocycles. The summed E-state index contributed by atoms with van der Waals surface area (Å²) in [6.45, 7) is 4.72. The summed E-state index contributed by atoms with van der Waals surface area (Å²) >= 11 is 45.9. The Morgan fingerprint density at radius 3 is 0.513 bits per heavy atom. The van der Waals surface area contributed by atoms with E-state index in [4.69, 9.17) is 141 Å². The number of anilines is 12. The van der Waals surface area contributed by atoms with Gasteiger partial charge in [-0.15, -0.1) is 0 Å². The quantitative estimate of drug-likeness (QED) is 0.0124. The van der Waals surface area contributed by atoms with Gasteiger partial charge in [-0.3, -0.25) is 0 Å². The lowest BCUT2D eigenvalue weighted by molar-refractivity contribution is 0.860. The number of hydrogen-bond acceptors (Lipinski definition) is 37. The van der Waals surface area contributed by atoms with E-state index in [0.29, 0.717) is 240 Å². The fourth-order valence-electron chi connectivity index (χ4n) is 9.71. The molecule has 0 saturated carbocycles. The van der Waals surface area contributed by atoms with Crippen LogP contribution in [0.5, 0.6) is 0 Å². The van der Waals surface area contributed by atoms with Gasteiger partial charge in [-0.1, -0.05) is 213 Å². The van der Waals surface area contributed by atoms with Crippen molar-refractivity contribution < 1.29 is 0 Å². The molecule has 0 amide bonds. The molecule has 0 unspecified atom stereocenters. The van der Waals surface area contributed by atoms with E-state index < -0.39 is 0 Å². The molecule has 6 aromatic heterocycles. The second-order valence-corrected chi connectivity index (χ2v) is 32.4. The van der Waals surface area contributed by atoms with E-state index in [1.807, 2.05) is 146 Å². The number of rotatable bonds is 46. The Morgan fingerprint density at radius 2 is 0.348 bits per heavy atom. The zero-order valence-electron chi connectivity index (χ0n) is 61.0. The third-order valence-electron chi connectivity index (χ3n) is 15.3. The zero-order valence-corrected chi connectivity index (χ0v) is 70.4. The zero-order chi connectivity index (χ0) is 79.8. The Morgan fingerprint density at radius 1 is 0.200 bits per heavy atom. The number of nitrogens with two attached hydrogens (primary N) is 2. The first-order chi connectivity index (χ1) is 56.1. The Labute approximate surface area is 718 Å². The van der Waals surface area contributed by atoms with Crippen LogP contribution in [-0.4, -0.2) is 168 Å². The van der Waals surface area contributed by atoms with Crippen LogP contribution < -0.4 is 70.0 Å². The van der Waals surface area contributed by atoms with Gasteiger partial charge in [-0.2, -0.15) is 89.7 Å². The molecule has 115 heavy (non-hydrogen) atoms. The number of nitrogen functional groups attached to an aromatic ring is 1. The van der Waals surface area contributed by atoms with Crippen LogP contribution in [0.4, 0.5) is 71.4 Å². The normalized spacial score (nSPS) is 11.1. The summed E-state index contributed by atoms with van der Waals surface area (Å²) in [4.78, 5) is 84.3. The minimum Gasteiger partial charge on any atom is -0.368 e. The number of halogens is 6. The molecule has 0 bridgehead atoms. The van der Waals surface area contributed by atoms with Gasteiger partial charge in [0, 0.05) is 143 Å². The molecule has 596 valence electrons. The highest BCUT2D eigenvalue weighted by molar-refractivity contribution is 7.99. The van der Waals surface area contributed by atoms with Crippen molar-refractivity contribution in [3.63, 3.8) is 0 Å². The highest BCUT2D eigenvalue weighted by atomic mass is 35.5. The first kappa shape index (κ1) is 85.2. The van der Waals surface area contributed by atoms with Gasteiger partial charge < -0.3 is 70.0 Å². The van der Waals surface area contributed by atoms with Crippen molar-refractivity contribution in [3.8, 4) is 0 Å². The van der Waals surface area contributed by atoms with Crippen molar-refractivity contribution >= 4 is 212 Å². The van der Waals surface area contributed by atoms with Gasteiger partial charge in [-0.25, -0.2) is 0 Å². The largest absolute Gasteiger partial charge is 0.368 e. The summed E-state index contributed by atoms with van der Waals surface area (Å²) in [5.74, 6) is 7.65. The van der Waals surface area contributed by atoms with E-state index >= 15 is 0 Å². The predicted molar refractivity (Wildman–Crippen MR) is 472 cm³/mol. The second-order valence-electron chi connectivity index (χ2n) is 24.1. The molecule has 0 fully saturated rings. The summed E-state index contributed by atoms with van der Waals surface area (Å²) in [5, 5.41) is 43.5. The molecule has 12 aromatic rings. The van der Waals surface area contributed by atoms with E-state index in [-0.39, 0.29) is 5.95 Å². The number of hydrogen-bond donors (Lipinski definition) is 13. The molecule has 15 N–H and O–H groups in total. The van der Waals surface area contributed by atoms with Crippen LogP contribution in [0, 0.1) is 0 Å². The molecule has 0 saturated heterocycles. The smallest absolute Gasteiger partial charge is 0.228 e. The van der Waals surface area contributed by atoms with Crippen molar-refractivity contribution in [1.29, 1.82) is 0 Å². The van der Waals surface area contributed by atoms with Crippen molar-refractivity contribution in [2.45, 2.75) is 65.5 Å². The van der Waals surface area contributed by atoms with Crippen LogP contribution in [-0.2, 0) is 34.5 Å². The average Bonchev–Trinajstić information content (AvgIpc) is 0.868. The molecule has 12 rings (SSSR count). The minimum atomic E-state index is 0.102. The molecule has 0 aliphatic heterocycles. The standard InChI is InChI=1S/C72H75Cl6N31S6/c73-49-13-1-43(2-14-49)37-110-67-93-55(80)92-56(99-67)82-27-28-83-59-95-60(103-69(102-59)112-39-45-5-17-51(75)18-6-45)86-31-32-87-63-97-64(107-71(106-63)114-41-47-9-21-53(77)22-10-47)90-35-36-91-66-98-65(108-72(109-66)115-42-48-11-23-54(78)24-12-48)89-34-33-88-62-96-61(104-70(105-62)113-40-46-7-19-52(76)20-8-46)85-30-29-84-58-94-57(81-26-25-79)100-68(101-58)111-38-44-3-15-50(74)16-4-44/h1-24H,25-42,79H2,(H3,80,82,92,93,99)(H2,81,84,94,100,101)(H2,83,86,95,102,103)(H2,85,88,96,104,105)(H2,87,90,97,106,107)(H2,89,91,98,108,109). The SMILES string of the molecule is NCCNc1nc(NCCNc2nc(NCCNc3nc(NCCNc4nc(NCCNc5nc(NCCNc6nc(N)nc(SCc7ccc(Cl)cc7)n6)nc(SCc6ccc(Cl)cc6)n5)nc(SCc5ccc(Cl)cc5)n4)nc(SCc4ccc(Cl)cc4)n3)nc(SCc3ccc(Cl)cc3)n2)nc(SCc2ccc(Cl)cc2)n1. The lowest BCUT2D eigenvalue weighted by Gasteiger charge is -2.13. The number of benzene rings is 6. The van der Waals surface area contributed by atoms with E-state index in [0.717, 1.165) is 33.4 Å². The average molecular weight is 1780 g/mol. The van der Waals surface area contributed by atoms with Crippen LogP contribution in [0.15, 0.2) is 177 Å². The number of thioether (sulfide) groups is 6. The van der Waals surface area contributed by atoms with Gasteiger partial charge in [-0.05, 0) is 106 Å². The van der Waals surface area contributed by atoms with Crippen LogP contribution >= 0.6 is 140 Å². The highest BCUT2D eigenvalue weighted by Gasteiger charge is 2.17. The predicted octanol–water partition coefficient (Wildman–Crippen LogP) is 15.0. The third-order valence-corrected chi connectivity index (χ3v) is 22.3. The Kier molecular flexibility index (Phi) is 33.6.